The zero-order valence-electron chi connectivity index (χ0n) is 12.3. The average molecular weight is 263 g/mol. The van der Waals surface area contributed by atoms with Crippen molar-refractivity contribution < 1.29 is 4.52 Å². The molecule has 1 unspecified atom stereocenters. The van der Waals surface area contributed by atoms with Gasteiger partial charge in [0.25, 0.3) is 0 Å². The number of rotatable bonds is 3. The molecule has 0 bridgehead atoms. The van der Waals surface area contributed by atoms with E-state index in [1.54, 1.807) is 0 Å². The Labute approximate surface area is 115 Å². The zero-order valence-corrected chi connectivity index (χ0v) is 12.3. The van der Waals surface area contributed by atoms with Crippen LogP contribution < -0.4 is 5.32 Å². The predicted octanol–water partition coefficient (Wildman–Crippen LogP) is 3.08. The van der Waals surface area contributed by atoms with E-state index in [0.29, 0.717) is 23.2 Å². The van der Waals surface area contributed by atoms with E-state index in [1.165, 1.54) is 25.7 Å². The molecule has 0 radical (unpaired) electrons. The summed E-state index contributed by atoms with van der Waals surface area (Å²) < 4.78 is 5.50. The van der Waals surface area contributed by atoms with Crippen molar-refractivity contribution in [2.45, 2.75) is 58.3 Å². The lowest BCUT2D eigenvalue weighted by Crippen LogP contribution is -2.44. The fourth-order valence-electron chi connectivity index (χ4n) is 3.12. The number of aromatic nitrogens is 2. The van der Waals surface area contributed by atoms with Gasteiger partial charge in [0.05, 0.1) is 0 Å². The van der Waals surface area contributed by atoms with Gasteiger partial charge in [0.15, 0.2) is 5.82 Å². The molecule has 0 aromatic carbocycles. The standard InChI is InChI=1S/C15H25N3O/c1-10(12-8-16-9-12)14-17-13(18-19-14)11-4-6-15(2,3)7-5-11/h10-12,16H,4-9H2,1-3H3. The number of hydrogen-bond acceptors (Lipinski definition) is 4. The van der Waals surface area contributed by atoms with Crippen molar-refractivity contribution in [3.63, 3.8) is 0 Å². The van der Waals surface area contributed by atoms with Gasteiger partial charge in [-0.1, -0.05) is 25.9 Å². The molecule has 1 aliphatic heterocycles. The number of nitrogens with one attached hydrogen (secondary N) is 1. The van der Waals surface area contributed by atoms with Gasteiger partial charge >= 0.3 is 0 Å². The predicted molar refractivity (Wildman–Crippen MR) is 74.1 cm³/mol. The van der Waals surface area contributed by atoms with Gasteiger partial charge < -0.3 is 9.84 Å². The summed E-state index contributed by atoms with van der Waals surface area (Å²) >= 11 is 0. The van der Waals surface area contributed by atoms with Crippen LogP contribution in [-0.2, 0) is 0 Å². The van der Waals surface area contributed by atoms with E-state index in [1.807, 2.05) is 0 Å². The highest BCUT2D eigenvalue weighted by Crippen LogP contribution is 2.41. The molecule has 1 saturated heterocycles. The third-order valence-corrected chi connectivity index (χ3v) is 5.07. The van der Waals surface area contributed by atoms with Crippen LogP contribution in [0.2, 0.25) is 0 Å². The van der Waals surface area contributed by atoms with Gasteiger partial charge in [0.1, 0.15) is 0 Å². The molecular weight excluding hydrogens is 238 g/mol. The van der Waals surface area contributed by atoms with Crippen LogP contribution in [0.3, 0.4) is 0 Å². The number of nitrogens with zero attached hydrogens (tertiary/aromatic N) is 2. The minimum absolute atomic E-state index is 0.391. The summed E-state index contributed by atoms with van der Waals surface area (Å²) in [5.41, 5.74) is 0.494. The van der Waals surface area contributed by atoms with Crippen LogP contribution in [-0.4, -0.2) is 23.2 Å². The van der Waals surface area contributed by atoms with Crippen LogP contribution in [0.15, 0.2) is 4.52 Å². The Hall–Kier alpha value is -0.900. The third-order valence-electron chi connectivity index (χ3n) is 5.07. The largest absolute Gasteiger partial charge is 0.339 e. The summed E-state index contributed by atoms with van der Waals surface area (Å²) in [6.45, 7) is 9.08. The second-order valence-corrected chi connectivity index (χ2v) is 7.14. The smallest absolute Gasteiger partial charge is 0.229 e. The van der Waals surface area contributed by atoms with E-state index >= 15 is 0 Å². The minimum atomic E-state index is 0.391. The monoisotopic (exact) mass is 263 g/mol. The lowest BCUT2D eigenvalue weighted by molar-refractivity contribution is 0.217. The van der Waals surface area contributed by atoms with Crippen molar-refractivity contribution >= 4 is 0 Å². The molecule has 3 rings (SSSR count). The van der Waals surface area contributed by atoms with E-state index < -0.39 is 0 Å². The molecule has 4 heteroatoms. The molecule has 2 aliphatic rings. The fourth-order valence-corrected chi connectivity index (χ4v) is 3.12. The van der Waals surface area contributed by atoms with Gasteiger partial charge in [0, 0.05) is 11.8 Å². The van der Waals surface area contributed by atoms with Crippen LogP contribution in [0.5, 0.6) is 0 Å². The van der Waals surface area contributed by atoms with E-state index in [9.17, 15) is 0 Å². The lowest BCUT2D eigenvalue weighted by Gasteiger charge is -2.33. The second-order valence-electron chi connectivity index (χ2n) is 7.14. The van der Waals surface area contributed by atoms with Gasteiger partial charge in [-0.25, -0.2) is 0 Å². The van der Waals surface area contributed by atoms with Crippen LogP contribution in [0, 0.1) is 11.3 Å². The molecule has 1 atom stereocenters. The maximum absolute atomic E-state index is 5.50. The second kappa shape index (κ2) is 4.89. The molecule has 19 heavy (non-hydrogen) atoms. The molecular formula is C15H25N3O. The van der Waals surface area contributed by atoms with Crippen molar-refractivity contribution in [1.29, 1.82) is 0 Å². The van der Waals surface area contributed by atoms with E-state index in [2.05, 4.69) is 36.2 Å². The first-order valence-electron chi connectivity index (χ1n) is 7.59. The van der Waals surface area contributed by atoms with Gasteiger partial charge in [-0.15, -0.1) is 0 Å². The Morgan fingerprint density at radius 1 is 1.26 bits per heavy atom. The Morgan fingerprint density at radius 2 is 1.95 bits per heavy atom. The summed E-state index contributed by atoms with van der Waals surface area (Å²) in [6, 6.07) is 0. The maximum atomic E-state index is 5.50. The molecule has 0 spiro atoms. The number of hydrogen-bond donors (Lipinski definition) is 1. The van der Waals surface area contributed by atoms with Crippen molar-refractivity contribution in [2.24, 2.45) is 11.3 Å². The van der Waals surface area contributed by atoms with Crippen molar-refractivity contribution in [3.8, 4) is 0 Å². The molecule has 1 aromatic heterocycles. The molecule has 1 N–H and O–H groups in total. The molecule has 1 aliphatic carbocycles. The average Bonchev–Trinajstić information content (AvgIpc) is 2.76. The Kier molecular flexibility index (Phi) is 3.37. The van der Waals surface area contributed by atoms with Gasteiger partial charge in [-0.05, 0) is 50.1 Å². The Morgan fingerprint density at radius 3 is 2.53 bits per heavy atom. The van der Waals surface area contributed by atoms with E-state index in [-0.39, 0.29) is 0 Å². The Bertz CT molecular complexity index is 426. The summed E-state index contributed by atoms with van der Waals surface area (Å²) in [7, 11) is 0. The highest BCUT2D eigenvalue weighted by Gasteiger charge is 2.32. The SMILES string of the molecule is CC(c1nc(C2CCC(C)(C)CC2)no1)C1CNC1. The van der Waals surface area contributed by atoms with Gasteiger partial charge in [-0.3, -0.25) is 0 Å². The molecule has 1 saturated carbocycles. The summed E-state index contributed by atoms with van der Waals surface area (Å²) in [4.78, 5) is 4.68. The summed E-state index contributed by atoms with van der Waals surface area (Å²) in [5, 5.41) is 7.54. The van der Waals surface area contributed by atoms with E-state index in [4.69, 9.17) is 4.52 Å². The highest BCUT2D eigenvalue weighted by molar-refractivity contribution is 5.03. The molecule has 1 aromatic rings. The normalized spacial score (nSPS) is 26.1. The van der Waals surface area contributed by atoms with Crippen LogP contribution >= 0.6 is 0 Å². The highest BCUT2D eigenvalue weighted by atomic mass is 16.5. The Balaban J connectivity index is 1.64. The van der Waals surface area contributed by atoms with Gasteiger partial charge in [-0.2, -0.15) is 4.98 Å². The van der Waals surface area contributed by atoms with Crippen molar-refractivity contribution in [2.75, 3.05) is 13.1 Å². The molecule has 4 nitrogen and oxygen atoms in total. The van der Waals surface area contributed by atoms with Gasteiger partial charge in [0.2, 0.25) is 5.89 Å². The van der Waals surface area contributed by atoms with Crippen LogP contribution in [0.1, 0.15) is 70.0 Å². The lowest BCUT2D eigenvalue weighted by atomic mass is 9.73. The minimum Gasteiger partial charge on any atom is -0.339 e. The molecule has 2 fully saturated rings. The first kappa shape index (κ1) is 13.1. The van der Waals surface area contributed by atoms with E-state index in [0.717, 1.165) is 24.8 Å². The van der Waals surface area contributed by atoms with Crippen LogP contribution in [0.4, 0.5) is 0 Å². The zero-order chi connectivity index (χ0) is 13.5. The molecule has 2 heterocycles. The van der Waals surface area contributed by atoms with Crippen LogP contribution in [0.25, 0.3) is 0 Å². The van der Waals surface area contributed by atoms with Crippen molar-refractivity contribution in [1.82, 2.24) is 15.5 Å². The third kappa shape index (κ3) is 2.69. The molecule has 106 valence electrons. The van der Waals surface area contributed by atoms with Crippen molar-refractivity contribution in [3.05, 3.63) is 11.7 Å². The molecule has 0 amide bonds. The summed E-state index contributed by atoms with van der Waals surface area (Å²) in [6.07, 6.45) is 4.93. The quantitative estimate of drug-likeness (QED) is 0.910. The maximum Gasteiger partial charge on any atom is 0.229 e. The first-order valence-corrected chi connectivity index (χ1v) is 7.59. The first-order chi connectivity index (χ1) is 9.05. The topological polar surface area (TPSA) is 51.0 Å². The summed E-state index contributed by atoms with van der Waals surface area (Å²) in [5.74, 6) is 3.36. The fraction of sp³-hybridized carbons (Fsp3) is 0.867.